The van der Waals surface area contributed by atoms with Crippen LogP contribution in [0.25, 0.3) is 0 Å². The van der Waals surface area contributed by atoms with Crippen LogP contribution < -0.4 is 19.7 Å². The van der Waals surface area contributed by atoms with Crippen LogP contribution in [0.5, 0.6) is 11.5 Å². The molecule has 1 aliphatic rings. The Morgan fingerprint density at radius 1 is 1.12 bits per heavy atom. The second-order valence-electron chi connectivity index (χ2n) is 6.30. The molecule has 1 heterocycles. The summed E-state index contributed by atoms with van der Waals surface area (Å²) in [6, 6.07) is 12.8. The first-order chi connectivity index (χ1) is 12.5. The van der Waals surface area contributed by atoms with Crippen molar-refractivity contribution < 1.29 is 19.1 Å². The van der Waals surface area contributed by atoms with E-state index in [-0.39, 0.29) is 18.2 Å². The minimum absolute atomic E-state index is 0.0995. The molecule has 0 aromatic heterocycles. The first-order valence-corrected chi connectivity index (χ1v) is 8.41. The van der Waals surface area contributed by atoms with Crippen LogP contribution in [0.15, 0.2) is 42.5 Å². The van der Waals surface area contributed by atoms with Crippen molar-refractivity contribution in [1.82, 2.24) is 0 Å². The third-order valence-electron chi connectivity index (χ3n) is 4.49. The van der Waals surface area contributed by atoms with Gasteiger partial charge in [-0.15, -0.1) is 0 Å². The number of hydrogen-bond acceptors (Lipinski definition) is 4. The topological polar surface area (TPSA) is 67.9 Å². The van der Waals surface area contributed by atoms with Gasteiger partial charge in [-0.2, -0.15) is 0 Å². The summed E-state index contributed by atoms with van der Waals surface area (Å²) in [7, 11) is 3.11. The fourth-order valence-corrected chi connectivity index (χ4v) is 3.01. The molecule has 0 saturated carbocycles. The highest BCUT2D eigenvalue weighted by Crippen LogP contribution is 2.36. The first-order valence-electron chi connectivity index (χ1n) is 8.41. The minimum Gasteiger partial charge on any atom is -0.497 e. The predicted octanol–water partition coefficient (Wildman–Crippen LogP) is 3.00. The summed E-state index contributed by atoms with van der Waals surface area (Å²) in [6.07, 6.45) is 0.173. The quantitative estimate of drug-likeness (QED) is 0.896. The van der Waals surface area contributed by atoms with Crippen molar-refractivity contribution in [2.24, 2.45) is 5.92 Å². The van der Waals surface area contributed by atoms with Crippen LogP contribution in [-0.4, -0.2) is 32.6 Å². The average molecular weight is 354 g/mol. The van der Waals surface area contributed by atoms with Gasteiger partial charge < -0.3 is 19.7 Å². The van der Waals surface area contributed by atoms with E-state index in [0.29, 0.717) is 23.7 Å². The molecule has 1 unspecified atom stereocenters. The molecule has 1 fully saturated rings. The summed E-state index contributed by atoms with van der Waals surface area (Å²) in [5.74, 6) is 0.522. The SMILES string of the molecule is COc1ccc(N2CC(C(=O)Nc3ccc(C)cc3)CC2=O)c(OC)c1. The fraction of sp³-hybridized carbons (Fsp3) is 0.300. The summed E-state index contributed by atoms with van der Waals surface area (Å²) >= 11 is 0. The molecule has 2 aromatic rings. The van der Waals surface area contributed by atoms with Gasteiger partial charge in [0.15, 0.2) is 0 Å². The Morgan fingerprint density at radius 3 is 2.50 bits per heavy atom. The van der Waals surface area contributed by atoms with Gasteiger partial charge in [0.05, 0.1) is 25.8 Å². The number of nitrogens with zero attached hydrogens (tertiary/aromatic N) is 1. The van der Waals surface area contributed by atoms with Gasteiger partial charge in [-0.1, -0.05) is 17.7 Å². The molecule has 2 amide bonds. The molecule has 26 heavy (non-hydrogen) atoms. The Balaban J connectivity index is 1.74. The number of methoxy groups -OCH3 is 2. The number of carbonyl (C=O) groups is 2. The molecule has 136 valence electrons. The highest BCUT2D eigenvalue weighted by Gasteiger charge is 2.36. The number of hydrogen-bond donors (Lipinski definition) is 1. The van der Waals surface area contributed by atoms with E-state index in [4.69, 9.17) is 9.47 Å². The van der Waals surface area contributed by atoms with Crippen LogP contribution in [0.3, 0.4) is 0 Å². The van der Waals surface area contributed by atoms with Crippen LogP contribution >= 0.6 is 0 Å². The second-order valence-corrected chi connectivity index (χ2v) is 6.30. The summed E-state index contributed by atoms with van der Waals surface area (Å²) in [5, 5.41) is 2.88. The van der Waals surface area contributed by atoms with Crippen LogP contribution in [0.4, 0.5) is 11.4 Å². The molecule has 0 aliphatic carbocycles. The van der Waals surface area contributed by atoms with E-state index in [1.165, 1.54) is 0 Å². The Labute approximate surface area is 152 Å². The van der Waals surface area contributed by atoms with Crippen molar-refractivity contribution in [1.29, 1.82) is 0 Å². The van der Waals surface area contributed by atoms with Crippen molar-refractivity contribution in [3.05, 3.63) is 48.0 Å². The number of carbonyl (C=O) groups excluding carboxylic acids is 2. The maximum absolute atomic E-state index is 12.5. The van der Waals surface area contributed by atoms with Crippen molar-refractivity contribution in [2.45, 2.75) is 13.3 Å². The van der Waals surface area contributed by atoms with Crippen molar-refractivity contribution in [3.8, 4) is 11.5 Å². The maximum atomic E-state index is 12.5. The first kappa shape index (κ1) is 17.8. The molecule has 1 aliphatic heterocycles. The van der Waals surface area contributed by atoms with E-state index in [9.17, 15) is 9.59 Å². The van der Waals surface area contributed by atoms with Gasteiger partial charge >= 0.3 is 0 Å². The Kier molecular flexibility index (Phi) is 5.11. The number of benzene rings is 2. The summed E-state index contributed by atoms with van der Waals surface area (Å²) in [5.41, 5.74) is 2.49. The molecule has 2 aromatic carbocycles. The van der Waals surface area contributed by atoms with Crippen LogP contribution in [0, 0.1) is 12.8 Å². The van der Waals surface area contributed by atoms with E-state index in [1.54, 1.807) is 37.3 Å². The number of rotatable bonds is 5. The number of ether oxygens (including phenoxy) is 2. The average Bonchev–Trinajstić information content (AvgIpc) is 3.04. The smallest absolute Gasteiger partial charge is 0.229 e. The normalized spacial score (nSPS) is 16.5. The third kappa shape index (κ3) is 3.64. The molecular formula is C20H22N2O4. The van der Waals surface area contributed by atoms with Gasteiger partial charge in [-0.05, 0) is 31.2 Å². The lowest BCUT2D eigenvalue weighted by Crippen LogP contribution is -2.28. The van der Waals surface area contributed by atoms with Gasteiger partial charge in [0.2, 0.25) is 11.8 Å². The predicted molar refractivity (Wildman–Crippen MR) is 99.8 cm³/mol. The molecule has 1 saturated heterocycles. The monoisotopic (exact) mass is 354 g/mol. The van der Waals surface area contributed by atoms with Crippen molar-refractivity contribution in [3.63, 3.8) is 0 Å². The van der Waals surface area contributed by atoms with E-state index >= 15 is 0 Å². The molecule has 1 N–H and O–H groups in total. The van der Waals surface area contributed by atoms with Crippen LogP contribution in [0.1, 0.15) is 12.0 Å². The number of nitrogens with one attached hydrogen (secondary N) is 1. The van der Waals surface area contributed by atoms with E-state index in [2.05, 4.69) is 5.32 Å². The zero-order chi connectivity index (χ0) is 18.7. The number of amides is 2. The standard InChI is InChI=1S/C20H22N2O4/c1-13-4-6-15(7-5-13)21-20(24)14-10-19(23)22(12-14)17-9-8-16(25-2)11-18(17)26-3/h4-9,11,14H,10,12H2,1-3H3,(H,21,24). The largest absolute Gasteiger partial charge is 0.497 e. The second kappa shape index (κ2) is 7.47. The Morgan fingerprint density at radius 2 is 1.85 bits per heavy atom. The van der Waals surface area contributed by atoms with Gasteiger partial charge in [-0.3, -0.25) is 9.59 Å². The zero-order valence-electron chi connectivity index (χ0n) is 15.1. The summed E-state index contributed by atoms with van der Waals surface area (Å²) in [6.45, 7) is 2.31. The highest BCUT2D eigenvalue weighted by molar-refractivity contribution is 6.04. The molecular weight excluding hydrogens is 332 g/mol. The number of aryl methyl sites for hydroxylation is 1. The van der Waals surface area contributed by atoms with Crippen molar-refractivity contribution in [2.75, 3.05) is 31.0 Å². The van der Waals surface area contributed by atoms with Gasteiger partial charge in [-0.25, -0.2) is 0 Å². The summed E-state index contributed by atoms with van der Waals surface area (Å²) in [4.78, 5) is 26.6. The van der Waals surface area contributed by atoms with Gasteiger partial charge in [0.1, 0.15) is 11.5 Å². The van der Waals surface area contributed by atoms with E-state index in [1.807, 2.05) is 31.2 Å². The Hall–Kier alpha value is -3.02. The lowest BCUT2D eigenvalue weighted by Gasteiger charge is -2.20. The molecule has 6 nitrogen and oxygen atoms in total. The highest BCUT2D eigenvalue weighted by atomic mass is 16.5. The number of anilines is 2. The van der Waals surface area contributed by atoms with Crippen molar-refractivity contribution >= 4 is 23.2 Å². The lowest BCUT2D eigenvalue weighted by molar-refractivity contribution is -0.122. The van der Waals surface area contributed by atoms with E-state index in [0.717, 1.165) is 11.3 Å². The lowest BCUT2D eigenvalue weighted by atomic mass is 10.1. The molecule has 1 atom stereocenters. The molecule has 0 spiro atoms. The van der Waals surface area contributed by atoms with E-state index < -0.39 is 5.92 Å². The fourth-order valence-electron chi connectivity index (χ4n) is 3.01. The third-order valence-corrected chi connectivity index (χ3v) is 4.49. The molecule has 6 heteroatoms. The molecule has 0 radical (unpaired) electrons. The Bertz CT molecular complexity index is 817. The van der Waals surface area contributed by atoms with Crippen LogP contribution in [-0.2, 0) is 9.59 Å². The molecule has 0 bridgehead atoms. The van der Waals surface area contributed by atoms with Crippen LogP contribution in [0.2, 0.25) is 0 Å². The zero-order valence-corrected chi connectivity index (χ0v) is 15.1. The maximum Gasteiger partial charge on any atom is 0.229 e. The molecule has 3 rings (SSSR count). The van der Waals surface area contributed by atoms with Gasteiger partial charge in [0.25, 0.3) is 0 Å². The summed E-state index contributed by atoms with van der Waals surface area (Å²) < 4.78 is 10.6. The van der Waals surface area contributed by atoms with Gasteiger partial charge in [0, 0.05) is 24.7 Å². The minimum atomic E-state index is -0.407.